The summed E-state index contributed by atoms with van der Waals surface area (Å²) in [6.45, 7) is 0. The number of ether oxygens (including phenoxy) is 2. The zero-order valence-electron chi connectivity index (χ0n) is 12.4. The van der Waals surface area contributed by atoms with Crippen LogP contribution in [0.2, 0.25) is 0 Å². The number of carbonyl (C=O) groups is 1. The largest absolute Gasteiger partial charge is 0.481 e. The Hall–Kier alpha value is -2.49. The van der Waals surface area contributed by atoms with E-state index in [1.807, 2.05) is 0 Å². The van der Waals surface area contributed by atoms with E-state index in [1.165, 1.54) is 20.3 Å². The summed E-state index contributed by atoms with van der Waals surface area (Å²) in [5, 5.41) is 9.15. The molecule has 1 heterocycles. The number of benzene rings is 1. The van der Waals surface area contributed by atoms with E-state index in [2.05, 4.69) is 9.97 Å². The zero-order chi connectivity index (χ0) is 17.9. The Labute approximate surface area is 138 Å². The maximum absolute atomic E-state index is 12.8. The minimum absolute atomic E-state index is 0.00646. The van der Waals surface area contributed by atoms with E-state index >= 15 is 0 Å². The van der Waals surface area contributed by atoms with Crippen LogP contribution in [0.3, 0.4) is 0 Å². The molecule has 2 aromatic rings. The van der Waals surface area contributed by atoms with Gasteiger partial charge in [0.2, 0.25) is 11.8 Å². The van der Waals surface area contributed by atoms with Crippen LogP contribution in [0, 0.1) is 0 Å². The highest BCUT2D eigenvalue weighted by Crippen LogP contribution is 2.36. The number of hydrogen-bond acceptors (Lipinski definition) is 6. The van der Waals surface area contributed by atoms with Crippen LogP contribution in [-0.4, -0.2) is 35.3 Å². The van der Waals surface area contributed by atoms with E-state index in [1.54, 1.807) is 0 Å². The molecule has 0 aliphatic rings. The molecule has 24 heavy (non-hydrogen) atoms. The molecule has 1 aromatic heterocycles. The van der Waals surface area contributed by atoms with Crippen molar-refractivity contribution in [2.45, 2.75) is 16.2 Å². The number of carboxylic acid groups (broad SMARTS) is 1. The van der Waals surface area contributed by atoms with E-state index in [9.17, 15) is 18.0 Å². The van der Waals surface area contributed by atoms with Gasteiger partial charge in [0.15, 0.2) is 5.16 Å². The van der Waals surface area contributed by atoms with E-state index in [-0.39, 0.29) is 27.4 Å². The molecule has 0 atom stereocenters. The van der Waals surface area contributed by atoms with Crippen molar-refractivity contribution in [3.05, 3.63) is 35.4 Å². The van der Waals surface area contributed by atoms with Gasteiger partial charge in [-0.15, -0.1) is 0 Å². The lowest BCUT2D eigenvalue weighted by atomic mass is 10.1. The third-order valence-electron chi connectivity index (χ3n) is 2.82. The quantitative estimate of drug-likeness (QED) is 0.819. The molecule has 0 aliphatic heterocycles. The van der Waals surface area contributed by atoms with Crippen LogP contribution in [0.1, 0.15) is 15.9 Å². The summed E-state index contributed by atoms with van der Waals surface area (Å²) in [6, 6.07) is 3.73. The van der Waals surface area contributed by atoms with Gasteiger partial charge in [-0.1, -0.05) is 0 Å². The van der Waals surface area contributed by atoms with Crippen LogP contribution in [0.4, 0.5) is 13.2 Å². The van der Waals surface area contributed by atoms with Crippen LogP contribution in [-0.2, 0) is 6.18 Å². The highest BCUT2D eigenvalue weighted by molar-refractivity contribution is 7.99. The first-order valence-corrected chi connectivity index (χ1v) is 7.15. The summed E-state index contributed by atoms with van der Waals surface area (Å²) in [7, 11) is 2.70. The molecule has 0 aliphatic carbocycles. The average Bonchev–Trinajstić information content (AvgIpc) is 2.53. The predicted octanol–water partition coefficient (Wildman–Crippen LogP) is 3.36. The van der Waals surface area contributed by atoms with Gasteiger partial charge in [0.05, 0.1) is 31.4 Å². The molecule has 128 valence electrons. The van der Waals surface area contributed by atoms with Gasteiger partial charge in [0.1, 0.15) is 0 Å². The van der Waals surface area contributed by atoms with Crippen molar-refractivity contribution in [3.8, 4) is 11.8 Å². The van der Waals surface area contributed by atoms with Gasteiger partial charge in [-0.2, -0.15) is 23.1 Å². The number of methoxy groups -OCH3 is 2. The van der Waals surface area contributed by atoms with E-state index < -0.39 is 17.7 Å². The van der Waals surface area contributed by atoms with Gasteiger partial charge >= 0.3 is 12.1 Å². The van der Waals surface area contributed by atoms with Crippen molar-refractivity contribution in [1.29, 1.82) is 0 Å². The molecule has 0 spiro atoms. The molecule has 6 nitrogen and oxygen atoms in total. The first-order chi connectivity index (χ1) is 11.2. The van der Waals surface area contributed by atoms with Crippen molar-refractivity contribution in [2.24, 2.45) is 0 Å². The lowest BCUT2D eigenvalue weighted by Crippen LogP contribution is -2.07. The average molecular weight is 360 g/mol. The maximum atomic E-state index is 12.8. The Bertz CT molecular complexity index is 746. The number of halogens is 3. The number of carboxylic acids is 1. The fourth-order valence-corrected chi connectivity index (χ4v) is 2.62. The molecule has 1 aromatic carbocycles. The van der Waals surface area contributed by atoms with Crippen LogP contribution in [0.25, 0.3) is 0 Å². The molecule has 1 N–H and O–H groups in total. The van der Waals surface area contributed by atoms with Gasteiger partial charge < -0.3 is 14.6 Å². The smallest absolute Gasteiger partial charge is 0.416 e. The van der Waals surface area contributed by atoms with E-state index in [0.717, 1.165) is 12.1 Å². The molecule has 0 bridgehead atoms. The normalized spacial score (nSPS) is 11.2. The lowest BCUT2D eigenvalue weighted by molar-refractivity contribution is -0.137. The Morgan fingerprint density at radius 3 is 2.17 bits per heavy atom. The molecule has 0 fully saturated rings. The minimum atomic E-state index is -4.60. The van der Waals surface area contributed by atoms with E-state index in [4.69, 9.17) is 14.6 Å². The van der Waals surface area contributed by atoms with Crippen LogP contribution in [0.15, 0.2) is 34.3 Å². The molecular formula is C14H11F3N2O4S. The van der Waals surface area contributed by atoms with Gasteiger partial charge in [-0.05, 0) is 30.0 Å². The molecule has 0 amide bonds. The van der Waals surface area contributed by atoms with Crippen molar-refractivity contribution in [1.82, 2.24) is 9.97 Å². The zero-order valence-corrected chi connectivity index (χ0v) is 13.2. The van der Waals surface area contributed by atoms with Crippen molar-refractivity contribution in [2.75, 3.05) is 14.2 Å². The number of rotatable bonds is 5. The summed E-state index contributed by atoms with van der Waals surface area (Å²) in [5.41, 5.74) is -1.26. The minimum Gasteiger partial charge on any atom is -0.481 e. The van der Waals surface area contributed by atoms with Gasteiger partial charge in [-0.25, -0.2) is 4.79 Å². The third kappa shape index (κ3) is 4.07. The molecule has 0 saturated carbocycles. The fraction of sp³-hybridized carbons (Fsp3) is 0.214. The molecule has 0 radical (unpaired) electrons. The first-order valence-electron chi connectivity index (χ1n) is 6.34. The Morgan fingerprint density at radius 1 is 1.12 bits per heavy atom. The molecular weight excluding hydrogens is 349 g/mol. The van der Waals surface area contributed by atoms with Crippen LogP contribution in [0.5, 0.6) is 11.8 Å². The Balaban J connectivity index is 2.49. The number of alkyl halides is 3. The second-order valence-electron chi connectivity index (χ2n) is 4.35. The topological polar surface area (TPSA) is 81.5 Å². The van der Waals surface area contributed by atoms with Crippen molar-refractivity contribution in [3.63, 3.8) is 0 Å². The molecule has 2 rings (SSSR count). The summed E-state index contributed by atoms with van der Waals surface area (Å²) in [4.78, 5) is 19.0. The lowest BCUT2D eigenvalue weighted by Gasteiger charge is -2.11. The third-order valence-corrected chi connectivity index (χ3v) is 3.74. The number of hydrogen-bond donors (Lipinski definition) is 1. The van der Waals surface area contributed by atoms with Crippen LogP contribution < -0.4 is 9.47 Å². The Morgan fingerprint density at radius 2 is 1.71 bits per heavy atom. The van der Waals surface area contributed by atoms with Gasteiger partial charge in [-0.3, -0.25) is 0 Å². The molecule has 0 saturated heterocycles. The van der Waals surface area contributed by atoms with Crippen molar-refractivity contribution >= 4 is 17.7 Å². The standard InChI is InChI=1S/C14H11F3N2O4S/c1-22-10-6-11(23-2)19-13(18-10)24-9-5-7(14(15,16)17)3-4-8(9)12(20)21/h3-6H,1-2H3,(H,20,21). The Kier molecular flexibility index (Phi) is 5.17. The summed E-state index contributed by atoms with van der Waals surface area (Å²) >= 11 is 0.669. The summed E-state index contributed by atoms with van der Waals surface area (Å²) in [6.07, 6.45) is -4.60. The SMILES string of the molecule is COc1cc(OC)nc(Sc2cc(C(F)(F)F)ccc2C(=O)O)n1. The second kappa shape index (κ2) is 6.95. The summed E-state index contributed by atoms with van der Waals surface area (Å²) < 4.78 is 48.4. The number of aromatic carboxylic acids is 1. The molecule has 10 heteroatoms. The highest BCUT2D eigenvalue weighted by Gasteiger charge is 2.31. The predicted molar refractivity (Wildman–Crippen MR) is 77.7 cm³/mol. The monoisotopic (exact) mass is 360 g/mol. The fourth-order valence-electron chi connectivity index (χ4n) is 1.70. The summed E-state index contributed by atoms with van der Waals surface area (Å²) in [5.74, 6) is -1.09. The van der Waals surface area contributed by atoms with Crippen molar-refractivity contribution < 1.29 is 32.5 Å². The number of nitrogens with zero attached hydrogens (tertiary/aromatic N) is 2. The van der Waals surface area contributed by atoms with Crippen LogP contribution >= 0.6 is 11.8 Å². The number of aromatic nitrogens is 2. The van der Waals surface area contributed by atoms with E-state index in [0.29, 0.717) is 17.8 Å². The molecule has 0 unspecified atom stereocenters. The highest BCUT2D eigenvalue weighted by atomic mass is 32.2. The van der Waals surface area contributed by atoms with Gasteiger partial charge in [0, 0.05) is 4.90 Å². The maximum Gasteiger partial charge on any atom is 0.416 e. The first kappa shape index (κ1) is 17.9. The van der Waals surface area contributed by atoms with Gasteiger partial charge in [0.25, 0.3) is 0 Å². The second-order valence-corrected chi connectivity index (χ2v) is 5.36.